The Morgan fingerprint density at radius 2 is 1.97 bits per heavy atom. The van der Waals surface area contributed by atoms with Gasteiger partial charge in [-0.25, -0.2) is 0 Å². The van der Waals surface area contributed by atoms with Crippen molar-refractivity contribution in [1.82, 2.24) is 14.8 Å². The summed E-state index contributed by atoms with van der Waals surface area (Å²) >= 11 is 8.90. The molecule has 0 fully saturated rings. The number of carbonyl (C=O) groups excluding carboxylic acids is 1. The van der Waals surface area contributed by atoms with Crippen molar-refractivity contribution in [2.24, 2.45) is 0 Å². The first-order valence-corrected chi connectivity index (χ1v) is 12.9. The Morgan fingerprint density at radius 3 is 2.69 bits per heavy atom. The van der Waals surface area contributed by atoms with E-state index >= 15 is 0 Å². The largest absolute Gasteiger partial charge is 0.316 e. The maximum atomic E-state index is 12.7. The number of thioether (sulfide) groups is 1. The SMILES string of the molecule is CCn1c(SCC(=O)Nc2sc3c(c2C#N)CCCCCC3)nnc1-c1ccc(Cl)cc1. The van der Waals surface area contributed by atoms with Crippen molar-refractivity contribution in [1.29, 1.82) is 5.26 Å². The molecule has 2 heterocycles. The summed E-state index contributed by atoms with van der Waals surface area (Å²) in [7, 11) is 0. The van der Waals surface area contributed by atoms with Crippen molar-refractivity contribution < 1.29 is 4.79 Å². The molecule has 0 bridgehead atoms. The zero-order valence-corrected chi connectivity index (χ0v) is 20.2. The monoisotopic (exact) mass is 485 g/mol. The number of nitriles is 1. The second-order valence-electron chi connectivity index (χ2n) is 7.63. The molecule has 1 aromatic carbocycles. The van der Waals surface area contributed by atoms with Crippen LogP contribution in [0, 0.1) is 11.3 Å². The molecule has 0 atom stereocenters. The molecule has 32 heavy (non-hydrogen) atoms. The molecule has 2 aromatic heterocycles. The molecule has 1 N–H and O–H groups in total. The van der Waals surface area contributed by atoms with E-state index < -0.39 is 0 Å². The number of hydrogen-bond acceptors (Lipinski definition) is 6. The molecule has 4 rings (SSSR count). The molecule has 0 unspecified atom stereocenters. The number of amides is 1. The second kappa shape index (κ2) is 10.5. The van der Waals surface area contributed by atoms with E-state index in [0.717, 1.165) is 42.6 Å². The minimum absolute atomic E-state index is 0.139. The van der Waals surface area contributed by atoms with Crippen LogP contribution in [0.15, 0.2) is 29.4 Å². The predicted octanol–water partition coefficient (Wildman–Crippen LogP) is 5.94. The summed E-state index contributed by atoms with van der Waals surface area (Å²) in [6, 6.07) is 9.79. The number of nitrogens with one attached hydrogen (secondary N) is 1. The van der Waals surface area contributed by atoms with Crippen LogP contribution < -0.4 is 5.32 Å². The van der Waals surface area contributed by atoms with Crippen LogP contribution in [0.5, 0.6) is 0 Å². The lowest BCUT2D eigenvalue weighted by Gasteiger charge is -2.09. The maximum Gasteiger partial charge on any atom is 0.235 e. The van der Waals surface area contributed by atoms with Gasteiger partial charge in [-0.2, -0.15) is 5.26 Å². The number of aromatic nitrogens is 3. The van der Waals surface area contributed by atoms with Gasteiger partial charge >= 0.3 is 0 Å². The number of halogens is 1. The number of thiophene rings is 1. The van der Waals surface area contributed by atoms with E-state index in [-0.39, 0.29) is 11.7 Å². The molecule has 1 aliphatic carbocycles. The van der Waals surface area contributed by atoms with Crippen molar-refractivity contribution >= 4 is 45.6 Å². The molecule has 1 amide bonds. The lowest BCUT2D eigenvalue weighted by atomic mass is 9.97. The first-order chi connectivity index (χ1) is 15.6. The zero-order chi connectivity index (χ0) is 22.5. The average Bonchev–Trinajstić information content (AvgIpc) is 3.33. The third-order valence-corrected chi connectivity index (χ3v) is 7.93. The third kappa shape index (κ3) is 5.01. The molecular formula is C23H24ClN5OS2. The fourth-order valence-corrected chi connectivity index (χ4v) is 6.10. The molecule has 0 saturated heterocycles. The standard InChI is InChI=1S/C23H24ClN5OS2/c1-2-29-21(15-9-11-16(24)12-10-15)27-28-23(29)31-14-20(30)26-22-18(13-25)17-7-5-3-4-6-8-19(17)32-22/h9-12H,2-8,14H2,1H3,(H,26,30). The molecule has 0 saturated carbocycles. The summed E-state index contributed by atoms with van der Waals surface area (Å²) in [5, 5.41) is 23.3. The number of benzene rings is 1. The molecule has 9 heteroatoms. The molecule has 0 aliphatic heterocycles. The Bertz CT molecular complexity index is 1150. The van der Waals surface area contributed by atoms with Crippen LogP contribution in [0.25, 0.3) is 11.4 Å². The fraction of sp³-hybridized carbons (Fsp3) is 0.391. The van der Waals surface area contributed by atoms with Gasteiger partial charge in [-0.1, -0.05) is 36.2 Å². The van der Waals surface area contributed by atoms with Crippen LogP contribution >= 0.6 is 34.7 Å². The molecule has 0 spiro atoms. The van der Waals surface area contributed by atoms with E-state index in [1.807, 2.05) is 35.8 Å². The van der Waals surface area contributed by atoms with E-state index in [9.17, 15) is 10.1 Å². The lowest BCUT2D eigenvalue weighted by Crippen LogP contribution is -2.14. The first kappa shape index (κ1) is 22.8. The summed E-state index contributed by atoms with van der Waals surface area (Å²) in [4.78, 5) is 14.0. The van der Waals surface area contributed by atoms with Gasteiger partial charge in [-0.3, -0.25) is 4.79 Å². The minimum Gasteiger partial charge on any atom is -0.316 e. The van der Waals surface area contributed by atoms with Crippen LogP contribution in [0.3, 0.4) is 0 Å². The zero-order valence-electron chi connectivity index (χ0n) is 17.9. The van der Waals surface area contributed by atoms with Gasteiger partial charge in [0.05, 0.1) is 11.3 Å². The Balaban J connectivity index is 1.45. The molecule has 6 nitrogen and oxygen atoms in total. The Kier molecular flexibility index (Phi) is 7.51. The van der Waals surface area contributed by atoms with Crippen molar-refractivity contribution in [3.05, 3.63) is 45.3 Å². The highest BCUT2D eigenvalue weighted by atomic mass is 35.5. The Labute approximate surface area is 201 Å². The van der Waals surface area contributed by atoms with E-state index in [0.29, 0.717) is 27.3 Å². The molecular weight excluding hydrogens is 462 g/mol. The van der Waals surface area contributed by atoms with Crippen molar-refractivity contribution in [3.63, 3.8) is 0 Å². The average molecular weight is 486 g/mol. The predicted molar refractivity (Wildman–Crippen MR) is 130 cm³/mol. The second-order valence-corrected chi connectivity index (χ2v) is 10.1. The highest BCUT2D eigenvalue weighted by molar-refractivity contribution is 7.99. The molecule has 0 radical (unpaired) electrons. The normalized spacial score (nSPS) is 13.7. The Hall–Kier alpha value is -2.34. The van der Waals surface area contributed by atoms with Gasteiger partial charge in [-0.05, 0) is 62.4 Å². The van der Waals surface area contributed by atoms with Crippen molar-refractivity contribution in [2.45, 2.75) is 57.1 Å². The number of hydrogen-bond donors (Lipinski definition) is 1. The van der Waals surface area contributed by atoms with Crippen LogP contribution in [-0.4, -0.2) is 26.4 Å². The van der Waals surface area contributed by atoms with Gasteiger partial charge in [0.2, 0.25) is 5.91 Å². The smallest absolute Gasteiger partial charge is 0.235 e. The van der Waals surface area contributed by atoms with Crippen LogP contribution in [0.4, 0.5) is 5.00 Å². The number of fused-ring (bicyclic) bond motifs is 1. The fourth-order valence-electron chi connectivity index (χ4n) is 3.91. The van der Waals surface area contributed by atoms with E-state index in [1.54, 1.807) is 11.3 Å². The summed E-state index contributed by atoms with van der Waals surface area (Å²) in [6.45, 7) is 2.71. The van der Waals surface area contributed by atoms with Crippen molar-refractivity contribution in [2.75, 3.05) is 11.1 Å². The number of anilines is 1. The topological polar surface area (TPSA) is 83.6 Å². The number of aryl methyl sites for hydroxylation is 1. The van der Waals surface area contributed by atoms with E-state index in [4.69, 9.17) is 11.6 Å². The number of nitrogens with zero attached hydrogens (tertiary/aromatic N) is 4. The first-order valence-electron chi connectivity index (χ1n) is 10.8. The molecule has 1 aliphatic rings. The van der Waals surface area contributed by atoms with Gasteiger partial charge in [0.1, 0.15) is 11.1 Å². The third-order valence-electron chi connectivity index (χ3n) is 5.50. The quantitative estimate of drug-likeness (QED) is 0.436. The number of carbonyl (C=O) groups is 1. The Morgan fingerprint density at radius 1 is 1.22 bits per heavy atom. The van der Waals surface area contributed by atoms with E-state index in [1.165, 1.54) is 29.5 Å². The lowest BCUT2D eigenvalue weighted by molar-refractivity contribution is -0.113. The van der Waals surface area contributed by atoms with Crippen LogP contribution in [0.1, 0.15) is 48.6 Å². The molecule has 166 valence electrons. The summed E-state index contributed by atoms with van der Waals surface area (Å²) in [6.07, 6.45) is 6.59. The van der Waals surface area contributed by atoms with Gasteiger partial charge < -0.3 is 9.88 Å². The summed E-state index contributed by atoms with van der Waals surface area (Å²) in [5.74, 6) is 0.808. The minimum atomic E-state index is -0.139. The van der Waals surface area contributed by atoms with Gasteiger partial charge in [0.15, 0.2) is 11.0 Å². The van der Waals surface area contributed by atoms with Crippen molar-refractivity contribution in [3.8, 4) is 17.5 Å². The summed E-state index contributed by atoms with van der Waals surface area (Å²) in [5.41, 5.74) is 2.71. The maximum absolute atomic E-state index is 12.7. The van der Waals surface area contributed by atoms with Gasteiger partial charge in [0, 0.05) is 22.0 Å². The highest BCUT2D eigenvalue weighted by Crippen LogP contribution is 2.36. The van der Waals surface area contributed by atoms with E-state index in [2.05, 4.69) is 21.6 Å². The van der Waals surface area contributed by atoms with Crippen LogP contribution in [-0.2, 0) is 24.2 Å². The van der Waals surface area contributed by atoms with Crippen LogP contribution in [0.2, 0.25) is 5.02 Å². The van der Waals surface area contributed by atoms with Gasteiger partial charge in [-0.15, -0.1) is 21.5 Å². The summed E-state index contributed by atoms with van der Waals surface area (Å²) < 4.78 is 1.98. The van der Waals surface area contributed by atoms with Gasteiger partial charge in [0.25, 0.3) is 0 Å². The number of rotatable bonds is 6. The molecule has 3 aromatic rings. The highest BCUT2D eigenvalue weighted by Gasteiger charge is 2.21.